The van der Waals surface area contributed by atoms with Crippen LogP contribution in [0.5, 0.6) is 0 Å². The number of halogens is 1. The maximum absolute atomic E-state index is 11.9. The van der Waals surface area contributed by atoms with Gasteiger partial charge >= 0.3 is 0 Å². The molecule has 1 aliphatic carbocycles. The third-order valence-corrected chi connectivity index (χ3v) is 5.04. The Labute approximate surface area is 112 Å². The predicted octanol–water partition coefficient (Wildman–Crippen LogP) is 1.58. The van der Waals surface area contributed by atoms with Crippen molar-refractivity contribution in [2.45, 2.75) is 36.6 Å². The van der Waals surface area contributed by atoms with Gasteiger partial charge in [-0.2, -0.15) is 0 Å². The Bertz CT molecular complexity index is 462. The van der Waals surface area contributed by atoms with E-state index in [0.29, 0.717) is 22.4 Å². The SMILES string of the molecule is Nc1nc2c(s1)C[C@@H](N1CC(Br)CC1=O)CC2. The van der Waals surface area contributed by atoms with Crippen molar-refractivity contribution < 1.29 is 4.79 Å². The van der Waals surface area contributed by atoms with E-state index < -0.39 is 0 Å². The summed E-state index contributed by atoms with van der Waals surface area (Å²) in [6, 6.07) is 0.345. The van der Waals surface area contributed by atoms with Crippen LogP contribution in [0.4, 0.5) is 5.13 Å². The molecule has 2 N–H and O–H groups in total. The molecule has 1 unspecified atom stereocenters. The first-order valence-electron chi connectivity index (χ1n) is 5.81. The van der Waals surface area contributed by atoms with Crippen LogP contribution in [-0.4, -0.2) is 33.2 Å². The summed E-state index contributed by atoms with van der Waals surface area (Å²) in [7, 11) is 0. The van der Waals surface area contributed by atoms with E-state index in [-0.39, 0.29) is 5.91 Å². The minimum absolute atomic E-state index is 0.276. The molecule has 0 aromatic carbocycles. The van der Waals surface area contributed by atoms with E-state index in [1.807, 2.05) is 4.90 Å². The number of carbonyl (C=O) groups excluding carboxylic acids is 1. The van der Waals surface area contributed by atoms with Gasteiger partial charge in [0.2, 0.25) is 5.91 Å². The lowest BCUT2D eigenvalue weighted by molar-refractivity contribution is -0.129. The van der Waals surface area contributed by atoms with Crippen LogP contribution in [0.1, 0.15) is 23.4 Å². The molecule has 0 saturated carbocycles. The molecule has 0 spiro atoms. The second kappa shape index (κ2) is 4.24. The molecule has 4 nitrogen and oxygen atoms in total. The zero-order chi connectivity index (χ0) is 12.0. The molecule has 0 bridgehead atoms. The van der Waals surface area contributed by atoms with E-state index >= 15 is 0 Å². The first kappa shape index (κ1) is 11.5. The van der Waals surface area contributed by atoms with Crippen LogP contribution in [0.25, 0.3) is 0 Å². The van der Waals surface area contributed by atoms with Gasteiger partial charge in [0.25, 0.3) is 0 Å². The third kappa shape index (κ3) is 2.08. The van der Waals surface area contributed by atoms with E-state index in [4.69, 9.17) is 5.73 Å². The summed E-state index contributed by atoms with van der Waals surface area (Å²) in [5.74, 6) is 0.276. The van der Waals surface area contributed by atoms with Gasteiger partial charge in [0.15, 0.2) is 5.13 Å². The van der Waals surface area contributed by atoms with Gasteiger partial charge in [0.05, 0.1) is 5.69 Å². The minimum atomic E-state index is 0.276. The van der Waals surface area contributed by atoms with Crippen molar-refractivity contribution in [3.63, 3.8) is 0 Å². The molecule has 1 aliphatic heterocycles. The molecule has 2 aliphatic rings. The number of hydrogen-bond donors (Lipinski definition) is 1. The highest BCUT2D eigenvalue weighted by Crippen LogP contribution is 2.32. The van der Waals surface area contributed by atoms with Gasteiger partial charge in [0.1, 0.15) is 0 Å². The van der Waals surface area contributed by atoms with E-state index in [0.717, 1.165) is 31.5 Å². The molecule has 1 fully saturated rings. The van der Waals surface area contributed by atoms with Crippen LogP contribution >= 0.6 is 27.3 Å². The Morgan fingerprint density at radius 3 is 3.00 bits per heavy atom. The Kier molecular flexibility index (Phi) is 2.86. The number of nitrogen functional groups attached to an aromatic ring is 1. The lowest BCUT2D eigenvalue weighted by atomic mass is 9.96. The molecule has 1 aromatic heterocycles. The Morgan fingerprint density at radius 1 is 1.47 bits per heavy atom. The maximum Gasteiger partial charge on any atom is 0.224 e. The number of aryl methyl sites for hydroxylation is 1. The van der Waals surface area contributed by atoms with E-state index in [1.165, 1.54) is 4.88 Å². The lowest BCUT2D eigenvalue weighted by Crippen LogP contribution is -2.40. The molecule has 2 atom stereocenters. The van der Waals surface area contributed by atoms with Crippen molar-refractivity contribution in [2.75, 3.05) is 12.3 Å². The second-order valence-electron chi connectivity index (χ2n) is 4.67. The Balaban J connectivity index is 1.77. The van der Waals surface area contributed by atoms with Gasteiger partial charge in [-0.3, -0.25) is 4.79 Å². The number of fused-ring (bicyclic) bond motifs is 1. The van der Waals surface area contributed by atoms with Gasteiger partial charge in [-0.25, -0.2) is 4.98 Å². The summed E-state index contributed by atoms with van der Waals surface area (Å²) in [6.07, 6.45) is 3.52. The standard InChI is InChI=1S/C11H14BrN3OS/c12-6-3-10(16)15(5-6)7-1-2-8-9(4-7)17-11(13)14-8/h6-7H,1-5H2,(H2,13,14)/t6?,7-/m0/s1. The quantitative estimate of drug-likeness (QED) is 0.800. The molecular weight excluding hydrogens is 302 g/mol. The highest BCUT2D eigenvalue weighted by Gasteiger charge is 2.35. The van der Waals surface area contributed by atoms with Crippen molar-refractivity contribution in [3.8, 4) is 0 Å². The molecule has 6 heteroatoms. The maximum atomic E-state index is 11.9. The molecule has 0 radical (unpaired) electrons. The number of hydrogen-bond acceptors (Lipinski definition) is 4. The van der Waals surface area contributed by atoms with E-state index in [1.54, 1.807) is 11.3 Å². The first-order chi connectivity index (χ1) is 8.13. The summed E-state index contributed by atoms with van der Waals surface area (Å²) < 4.78 is 0. The summed E-state index contributed by atoms with van der Waals surface area (Å²) in [5.41, 5.74) is 6.87. The molecule has 1 aromatic rings. The summed E-state index contributed by atoms with van der Waals surface area (Å²) >= 11 is 5.10. The normalized spacial score (nSPS) is 28.5. The highest BCUT2D eigenvalue weighted by molar-refractivity contribution is 9.09. The van der Waals surface area contributed by atoms with Crippen molar-refractivity contribution in [1.82, 2.24) is 9.88 Å². The van der Waals surface area contributed by atoms with Crippen molar-refractivity contribution in [1.29, 1.82) is 0 Å². The Morgan fingerprint density at radius 2 is 2.29 bits per heavy atom. The summed E-state index contributed by atoms with van der Waals surface area (Å²) in [5, 5.41) is 0.654. The number of aromatic nitrogens is 1. The number of thiazole rings is 1. The van der Waals surface area contributed by atoms with Crippen molar-refractivity contribution in [3.05, 3.63) is 10.6 Å². The fourth-order valence-electron chi connectivity index (χ4n) is 2.68. The highest BCUT2D eigenvalue weighted by atomic mass is 79.9. The van der Waals surface area contributed by atoms with E-state index in [2.05, 4.69) is 20.9 Å². The zero-order valence-corrected chi connectivity index (χ0v) is 11.8. The summed E-state index contributed by atoms with van der Waals surface area (Å²) in [4.78, 5) is 19.8. The van der Waals surface area contributed by atoms with Crippen molar-refractivity contribution >= 4 is 38.3 Å². The van der Waals surface area contributed by atoms with Crippen LogP contribution in [-0.2, 0) is 17.6 Å². The van der Waals surface area contributed by atoms with Crippen LogP contribution in [0.15, 0.2) is 0 Å². The predicted molar refractivity (Wildman–Crippen MR) is 71.4 cm³/mol. The van der Waals surface area contributed by atoms with Crippen LogP contribution in [0, 0.1) is 0 Å². The topological polar surface area (TPSA) is 59.2 Å². The number of likely N-dealkylation sites (tertiary alicyclic amines) is 1. The van der Waals surface area contributed by atoms with Gasteiger partial charge < -0.3 is 10.6 Å². The first-order valence-corrected chi connectivity index (χ1v) is 7.54. The number of amides is 1. The van der Waals surface area contributed by atoms with Crippen LogP contribution < -0.4 is 5.73 Å². The smallest absolute Gasteiger partial charge is 0.224 e. The third-order valence-electron chi connectivity index (χ3n) is 3.48. The van der Waals surface area contributed by atoms with Gasteiger partial charge in [-0.05, 0) is 12.8 Å². The molecule has 17 heavy (non-hydrogen) atoms. The fraction of sp³-hybridized carbons (Fsp3) is 0.636. The number of anilines is 1. The Hall–Kier alpha value is -0.620. The number of nitrogens with zero attached hydrogens (tertiary/aromatic N) is 2. The molecule has 1 saturated heterocycles. The van der Waals surface area contributed by atoms with E-state index in [9.17, 15) is 4.79 Å². The monoisotopic (exact) mass is 315 g/mol. The largest absolute Gasteiger partial charge is 0.375 e. The van der Waals surface area contributed by atoms with Crippen LogP contribution in [0.2, 0.25) is 0 Å². The number of rotatable bonds is 1. The minimum Gasteiger partial charge on any atom is -0.375 e. The van der Waals surface area contributed by atoms with Gasteiger partial charge in [-0.15, -0.1) is 11.3 Å². The second-order valence-corrected chi connectivity index (χ2v) is 7.08. The average Bonchev–Trinajstić information content (AvgIpc) is 2.78. The zero-order valence-electron chi connectivity index (χ0n) is 9.36. The fourth-order valence-corrected chi connectivity index (χ4v) is 4.22. The number of alkyl halides is 1. The molecular formula is C11H14BrN3OS. The lowest BCUT2D eigenvalue weighted by Gasteiger charge is -2.30. The van der Waals surface area contributed by atoms with Crippen LogP contribution in [0.3, 0.4) is 0 Å². The van der Waals surface area contributed by atoms with Gasteiger partial charge in [-0.1, -0.05) is 15.9 Å². The number of carbonyl (C=O) groups is 1. The number of nitrogens with two attached hydrogens (primary N) is 1. The summed E-state index contributed by atoms with van der Waals surface area (Å²) in [6.45, 7) is 0.840. The molecule has 2 heterocycles. The average molecular weight is 316 g/mol. The molecule has 1 amide bonds. The van der Waals surface area contributed by atoms with Crippen molar-refractivity contribution in [2.24, 2.45) is 0 Å². The molecule has 3 rings (SSSR count). The molecule has 92 valence electrons. The van der Waals surface area contributed by atoms with Gasteiger partial charge in [0, 0.05) is 35.1 Å².